The summed E-state index contributed by atoms with van der Waals surface area (Å²) in [6.45, 7) is 0. The van der Waals surface area contributed by atoms with Gasteiger partial charge in [-0.25, -0.2) is 14.8 Å². The molecule has 5 aromatic rings. The number of carbonyl (C=O) groups excluding carboxylic acids is 1. The first kappa shape index (κ1) is 20.8. The quantitative estimate of drug-likeness (QED) is 0.248. The van der Waals surface area contributed by atoms with Gasteiger partial charge in [0.05, 0.1) is 19.6 Å². The van der Waals surface area contributed by atoms with Gasteiger partial charge in [0.2, 0.25) is 0 Å². The van der Waals surface area contributed by atoms with Crippen LogP contribution in [0.15, 0.2) is 110 Å². The fraction of sp³-hybridized carbons (Fsp3) is 0.0741. The third-order valence-corrected chi connectivity index (χ3v) is 6.66. The number of hydrogen-bond donors (Lipinski definition) is 0. The van der Waals surface area contributed by atoms with Crippen LogP contribution in [0.25, 0.3) is 10.7 Å². The number of nitrogens with zero attached hydrogens (tertiary/aromatic N) is 3. The highest BCUT2D eigenvalue weighted by molar-refractivity contribution is 7.16. The molecule has 0 aliphatic carbocycles. The van der Waals surface area contributed by atoms with Gasteiger partial charge in [-0.05, 0) is 16.7 Å². The molecule has 0 aliphatic heterocycles. The minimum atomic E-state index is -0.641. The van der Waals surface area contributed by atoms with E-state index < -0.39 is 11.5 Å². The number of imidazole rings is 1. The van der Waals surface area contributed by atoms with E-state index in [2.05, 4.69) is 87.3 Å². The third-order valence-electron chi connectivity index (χ3n) is 5.66. The van der Waals surface area contributed by atoms with E-state index in [9.17, 15) is 4.79 Å². The number of carbonyl (C=O) groups is 1. The van der Waals surface area contributed by atoms with Crippen molar-refractivity contribution in [2.45, 2.75) is 5.54 Å². The molecule has 3 aromatic carbocycles. The van der Waals surface area contributed by atoms with Crippen molar-refractivity contribution in [2.24, 2.45) is 0 Å². The molecule has 5 rings (SSSR count). The first-order valence-corrected chi connectivity index (χ1v) is 11.3. The summed E-state index contributed by atoms with van der Waals surface area (Å²) in [6.07, 6.45) is 5.36. The van der Waals surface area contributed by atoms with Crippen molar-refractivity contribution in [3.63, 3.8) is 0 Å². The van der Waals surface area contributed by atoms with Gasteiger partial charge in [-0.3, -0.25) is 0 Å². The lowest BCUT2D eigenvalue weighted by Gasteiger charge is -2.37. The van der Waals surface area contributed by atoms with E-state index in [1.165, 1.54) is 24.6 Å². The Balaban J connectivity index is 1.74. The van der Waals surface area contributed by atoms with Crippen LogP contribution in [0.4, 0.5) is 0 Å². The third kappa shape index (κ3) is 3.64. The maximum Gasteiger partial charge on any atom is 0.349 e. The predicted octanol–water partition coefficient (Wildman–Crippen LogP) is 5.63. The number of hydrogen-bond acceptors (Lipinski definition) is 5. The van der Waals surface area contributed by atoms with E-state index >= 15 is 0 Å². The van der Waals surface area contributed by atoms with E-state index in [-0.39, 0.29) is 0 Å². The first-order valence-electron chi connectivity index (χ1n) is 10.5. The van der Waals surface area contributed by atoms with Crippen LogP contribution in [0, 0.1) is 0 Å². The molecular weight excluding hydrogens is 430 g/mol. The van der Waals surface area contributed by atoms with Crippen LogP contribution in [-0.2, 0) is 10.3 Å². The average molecular weight is 452 g/mol. The highest BCUT2D eigenvalue weighted by Crippen LogP contribution is 2.41. The molecule has 0 atom stereocenters. The van der Waals surface area contributed by atoms with Crippen molar-refractivity contribution < 1.29 is 9.53 Å². The molecule has 162 valence electrons. The molecule has 0 spiro atoms. The van der Waals surface area contributed by atoms with Crippen molar-refractivity contribution in [2.75, 3.05) is 7.11 Å². The number of ether oxygens (including phenoxy) is 1. The molecule has 0 bridgehead atoms. The van der Waals surface area contributed by atoms with Crippen molar-refractivity contribution in [3.05, 3.63) is 131 Å². The van der Waals surface area contributed by atoms with Crippen LogP contribution < -0.4 is 0 Å². The topological polar surface area (TPSA) is 57.0 Å². The van der Waals surface area contributed by atoms with Gasteiger partial charge >= 0.3 is 5.97 Å². The molecule has 33 heavy (non-hydrogen) atoms. The Bertz CT molecular complexity index is 1270. The molecule has 0 saturated heterocycles. The number of thiazole rings is 1. The monoisotopic (exact) mass is 451 g/mol. The highest BCUT2D eigenvalue weighted by Gasteiger charge is 2.38. The van der Waals surface area contributed by atoms with Crippen LogP contribution >= 0.6 is 11.3 Å². The van der Waals surface area contributed by atoms with Crippen molar-refractivity contribution in [1.82, 2.24) is 14.5 Å². The van der Waals surface area contributed by atoms with Gasteiger partial charge in [0.25, 0.3) is 0 Å². The molecule has 0 radical (unpaired) electrons. The van der Waals surface area contributed by atoms with E-state index in [1.54, 1.807) is 0 Å². The minimum Gasteiger partial charge on any atom is -0.465 e. The van der Waals surface area contributed by atoms with Crippen LogP contribution in [-0.4, -0.2) is 27.6 Å². The molecule has 0 aliphatic rings. The smallest absolute Gasteiger partial charge is 0.349 e. The SMILES string of the molecule is COC(=O)c1cnc(-c2cn(C(c3ccccc3)(c3ccccc3)c3ccccc3)cn2)s1. The standard InChI is InChI=1S/C27H21N3O2S/c1-32-26(31)24-17-28-25(33-24)23-18-30(19-29-23)27(20-11-5-2-6-12-20,21-13-7-3-8-14-21)22-15-9-4-10-16-22/h2-19H,1H3. The number of rotatable bonds is 6. The fourth-order valence-electron chi connectivity index (χ4n) is 4.19. The van der Waals surface area contributed by atoms with Gasteiger partial charge in [0, 0.05) is 6.20 Å². The second kappa shape index (κ2) is 8.84. The first-order chi connectivity index (χ1) is 16.2. The minimum absolute atomic E-state index is 0.398. The predicted molar refractivity (Wildman–Crippen MR) is 129 cm³/mol. The maximum absolute atomic E-state index is 11.9. The van der Waals surface area contributed by atoms with Crippen LogP contribution in [0.1, 0.15) is 26.4 Å². The summed E-state index contributed by atoms with van der Waals surface area (Å²) in [4.78, 5) is 21.4. The Morgan fingerprint density at radius 3 is 1.82 bits per heavy atom. The Kier molecular flexibility index (Phi) is 5.59. The molecule has 0 unspecified atom stereocenters. The number of aromatic nitrogens is 3. The molecule has 0 fully saturated rings. The molecule has 5 nitrogen and oxygen atoms in total. The summed E-state index contributed by atoms with van der Waals surface area (Å²) in [5.74, 6) is -0.398. The van der Waals surface area contributed by atoms with E-state index in [1.807, 2.05) is 30.7 Å². The Labute approximate surface area is 196 Å². The van der Waals surface area contributed by atoms with E-state index in [4.69, 9.17) is 4.74 Å². The maximum atomic E-state index is 11.9. The Morgan fingerprint density at radius 1 is 0.818 bits per heavy atom. The zero-order valence-corrected chi connectivity index (χ0v) is 18.8. The number of esters is 1. The molecule has 2 aromatic heterocycles. The van der Waals surface area contributed by atoms with Crippen LogP contribution in [0.5, 0.6) is 0 Å². The lowest BCUT2D eigenvalue weighted by Crippen LogP contribution is -2.36. The Morgan fingerprint density at radius 2 is 1.33 bits per heavy atom. The van der Waals surface area contributed by atoms with Crippen molar-refractivity contribution >= 4 is 17.3 Å². The van der Waals surface area contributed by atoms with Crippen LogP contribution in [0.3, 0.4) is 0 Å². The fourth-order valence-corrected chi connectivity index (χ4v) is 4.99. The average Bonchev–Trinajstić information content (AvgIpc) is 3.57. The summed E-state index contributed by atoms with van der Waals surface area (Å²) >= 11 is 1.27. The summed E-state index contributed by atoms with van der Waals surface area (Å²) in [6, 6.07) is 31.2. The van der Waals surface area contributed by atoms with Gasteiger partial charge in [-0.15, -0.1) is 11.3 Å². The van der Waals surface area contributed by atoms with Gasteiger partial charge < -0.3 is 9.30 Å². The zero-order chi connectivity index (χ0) is 22.7. The van der Waals surface area contributed by atoms with Gasteiger partial charge in [-0.2, -0.15) is 0 Å². The van der Waals surface area contributed by atoms with Gasteiger partial charge in [0.15, 0.2) is 0 Å². The normalized spacial score (nSPS) is 11.3. The van der Waals surface area contributed by atoms with E-state index in [0.717, 1.165) is 16.7 Å². The Hall–Kier alpha value is -4.03. The lowest BCUT2D eigenvalue weighted by atomic mass is 9.77. The largest absolute Gasteiger partial charge is 0.465 e. The summed E-state index contributed by atoms with van der Waals surface area (Å²) in [7, 11) is 1.37. The number of benzene rings is 3. The zero-order valence-electron chi connectivity index (χ0n) is 18.0. The summed E-state index contributed by atoms with van der Waals surface area (Å²) in [5, 5.41) is 0.664. The second-order valence-corrected chi connectivity index (χ2v) is 8.53. The molecule has 0 N–H and O–H groups in total. The molecule has 2 heterocycles. The second-order valence-electron chi connectivity index (χ2n) is 7.50. The van der Waals surface area contributed by atoms with Crippen molar-refractivity contribution in [3.8, 4) is 10.7 Å². The number of methoxy groups -OCH3 is 1. The molecule has 0 amide bonds. The van der Waals surface area contributed by atoms with E-state index in [0.29, 0.717) is 15.6 Å². The lowest BCUT2D eigenvalue weighted by molar-refractivity contribution is 0.0606. The molecule has 6 heteroatoms. The van der Waals surface area contributed by atoms with Crippen LogP contribution in [0.2, 0.25) is 0 Å². The summed E-state index contributed by atoms with van der Waals surface area (Å²) in [5.41, 5.74) is 3.39. The highest BCUT2D eigenvalue weighted by atomic mass is 32.1. The summed E-state index contributed by atoms with van der Waals surface area (Å²) < 4.78 is 6.95. The van der Waals surface area contributed by atoms with Crippen molar-refractivity contribution in [1.29, 1.82) is 0 Å². The molecular formula is C27H21N3O2S. The molecule has 0 saturated carbocycles. The van der Waals surface area contributed by atoms with Gasteiger partial charge in [-0.1, -0.05) is 91.0 Å². The van der Waals surface area contributed by atoms with Gasteiger partial charge in [0.1, 0.15) is 21.1 Å².